The molecular weight excluding hydrogens is 290 g/mol. The summed E-state index contributed by atoms with van der Waals surface area (Å²) in [6.45, 7) is 0. The van der Waals surface area contributed by atoms with Crippen LogP contribution in [0.1, 0.15) is 10.4 Å². The zero-order valence-corrected chi connectivity index (χ0v) is 9.02. The molecule has 2 N–H and O–H groups in total. The molecule has 12 heavy (non-hydrogen) atoms. The van der Waals surface area contributed by atoms with Crippen molar-refractivity contribution in [2.24, 2.45) is 0 Å². The minimum atomic E-state index is -0.539. The molecule has 0 saturated heterocycles. The van der Waals surface area contributed by atoms with Gasteiger partial charge in [0.25, 0.3) is 5.91 Å². The van der Waals surface area contributed by atoms with Gasteiger partial charge in [0.1, 0.15) is 0 Å². The molecule has 0 unspecified atom stereocenters. The van der Waals surface area contributed by atoms with Gasteiger partial charge in [-0.2, -0.15) is 0 Å². The molecule has 0 aromatic heterocycles. The van der Waals surface area contributed by atoms with E-state index in [0.29, 0.717) is 10.0 Å². The summed E-state index contributed by atoms with van der Waals surface area (Å²) in [4.78, 5) is 11.0. The Hall–Kier alpha value is -0.390. The lowest BCUT2D eigenvalue weighted by Gasteiger charge is -2.01. The number of nitrogens with one attached hydrogen (secondary N) is 1. The van der Waals surface area contributed by atoms with Crippen molar-refractivity contribution in [1.82, 2.24) is 5.48 Å². The minimum Gasteiger partial charge on any atom is -0.288 e. The van der Waals surface area contributed by atoms with Crippen LogP contribution in [0.25, 0.3) is 0 Å². The highest BCUT2D eigenvalue weighted by Gasteiger charge is 2.08. The number of hydroxylamine groups is 1. The fourth-order valence-electron chi connectivity index (χ4n) is 0.732. The molecule has 0 bridgehead atoms. The summed E-state index contributed by atoms with van der Waals surface area (Å²) in [7, 11) is 0. The second kappa shape index (κ2) is 4.02. The Labute approximate surface area is 86.0 Å². The molecule has 64 valence electrons. The van der Waals surface area contributed by atoms with E-state index in [1.165, 1.54) is 0 Å². The van der Waals surface area contributed by atoms with Crippen LogP contribution >= 0.6 is 31.9 Å². The van der Waals surface area contributed by atoms with E-state index in [2.05, 4.69) is 31.9 Å². The predicted molar refractivity (Wildman–Crippen MR) is 51.1 cm³/mol. The van der Waals surface area contributed by atoms with Crippen molar-refractivity contribution in [2.45, 2.75) is 0 Å². The van der Waals surface area contributed by atoms with Crippen LogP contribution < -0.4 is 5.48 Å². The van der Waals surface area contributed by atoms with Gasteiger partial charge >= 0.3 is 0 Å². The Morgan fingerprint density at radius 3 is 2.67 bits per heavy atom. The highest BCUT2D eigenvalue weighted by atomic mass is 79.9. The van der Waals surface area contributed by atoms with E-state index in [1.807, 2.05) is 0 Å². The van der Waals surface area contributed by atoms with E-state index < -0.39 is 5.91 Å². The monoisotopic (exact) mass is 293 g/mol. The largest absolute Gasteiger partial charge is 0.288 e. The van der Waals surface area contributed by atoms with E-state index in [9.17, 15) is 4.79 Å². The Morgan fingerprint density at radius 1 is 1.42 bits per heavy atom. The molecule has 1 rings (SSSR count). The molecule has 0 spiro atoms. The number of hydrogen-bond acceptors (Lipinski definition) is 2. The molecule has 0 aliphatic heterocycles. The number of rotatable bonds is 1. The first-order chi connectivity index (χ1) is 5.65. The maximum atomic E-state index is 11.0. The third-order valence-corrected chi connectivity index (χ3v) is 2.46. The van der Waals surface area contributed by atoms with Gasteiger partial charge in [0.2, 0.25) is 0 Å². The maximum absolute atomic E-state index is 11.0. The van der Waals surface area contributed by atoms with Crippen LogP contribution in [0, 0.1) is 0 Å². The van der Waals surface area contributed by atoms with E-state index in [1.54, 1.807) is 23.7 Å². The minimum absolute atomic E-state index is 0.381. The van der Waals surface area contributed by atoms with Crippen molar-refractivity contribution in [1.29, 1.82) is 0 Å². The van der Waals surface area contributed by atoms with E-state index in [4.69, 9.17) is 5.21 Å². The van der Waals surface area contributed by atoms with Crippen LogP contribution in [0.3, 0.4) is 0 Å². The van der Waals surface area contributed by atoms with Crippen LogP contribution in [0.2, 0.25) is 0 Å². The molecule has 0 aliphatic rings. The Bertz CT molecular complexity index is 314. The molecule has 0 aliphatic carbocycles. The standard InChI is InChI=1S/C7H5Br2NO2/c8-4-1-2-6(9)5(3-4)7(11)10-12/h1-3,12H,(H,10,11). The summed E-state index contributed by atoms with van der Waals surface area (Å²) in [5, 5.41) is 8.37. The maximum Gasteiger partial charge on any atom is 0.275 e. The van der Waals surface area contributed by atoms with Gasteiger partial charge < -0.3 is 0 Å². The third-order valence-electron chi connectivity index (χ3n) is 1.27. The topological polar surface area (TPSA) is 49.3 Å². The summed E-state index contributed by atoms with van der Waals surface area (Å²) in [6.07, 6.45) is 0. The molecule has 1 aromatic rings. The number of halogens is 2. The first kappa shape index (κ1) is 9.70. The Kier molecular flexibility index (Phi) is 3.25. The van der Waals surface area contributed by atoms with Crippen molar-refractivity contribution in [3.63, 3.8) is 0 Å². The zero-order valence-electron chi connectivity index (χ0n) is 5.84. The van der Waals surface area contributed by atoms with Gasteiger partial charge in [-0.3, -0.25) is 10.0 Å². The highest BCUT2D eigenvalue weighted by Crippen LogP contribution is 2.21. The highest BCUT2D eigenvalue weighted by molar-refractivity contribution is 9.11. The van der Waals surface area contributed by atoms with Crippen molar-refractivity contribution in [3.8, 4) is 0 Å². The molecule has 0 heterocycles. The van der Waals surface area contributed by atoms with Gasteiger partial charge in [0, 0.05) is 8.95 Å². The molecule has 1 amide bonds. The van der Waals surface area contributed by atoms with Crippen molar-refractivity contribution in [3.05, 3.63) is 32.7 Å². The van der Waals surface area contributed by atoms with Crippen molar-refractivity contribution >= 4 is 37.8 Å². The predicted octanol–water partition coefficient (Wildman–Crippen LogP) is 2.33. The average molecular weight is 295 g/mol. The van der Waals surface area contributed by atoms with Crippen LogP contribution in [0.15, 0.2) is 27.1 Å². The first-order valence-corrected chi connectivity index (χ1v) is 4.63. The van der Waals surface area contributed by atoms with Crippen LogP contribution in [0.4, 0.5) is 0 Å². The number of amides is 1. The summed E-state index contributed by atoms with van der Waals surface area (Å²) in [6, 6.07) is 5.11. The van der Waals surface area contributed by atoms with Crippen LogP contribution in [0.5, 0.6) is 0 Å². The number of carbonyl (C=O) groups is 1. The second-order valence-electron chi connectivity index (χ2n) is 2.07. The van der Waals surface area contributed by atoms with Crippen molar-refractivity contribution < 1.29 is 10.0 Å². The van der Waals surface area contributed by atoms with Crippen LogP contribution in [-0.4, -0.2) is 11.1 Å². The van der Waals surface area contributed by atoms with Crippen molar-refractivity contribution in [2.75, 3.05) is 0 Å². The number of hydrogen-bond donors (Lipinski definition) is 2. The molecular formula is C7H5Br2NO2. The SMILES string of the molecule is O=C(NO)c1cc(Br)ccc1Br. The fraction of sp³-hybridized carbons (Fsp3) is 0. The van der Waals surface area contributed by atoms with Gasteiger partial charge in [-0.05, 0) is 34.1 Å². The zero-order chi connectivity index (χ0) is 9.14. The lowest BCUT2D eigenvalue weighted by atomic mass is 10.2. The summed E-state index contributed by atoms with van der Waals surface area (Å²) in [5.74, 6) is -0.539. The van der Waals surface area contributed by atoms with Gasteiger partial charge in [-0.1, -0.05) is 15.9 Å². The molecule has 0 radical (unpaired) electrons. The van der Waals surface area contributed by atoms with E-state index >= 15 is 0 Å². The molecule has 0 saturated carbocycles. The molecule has 3 nitrogen and oxygen atoms in total. The number of carbonyl (C=O) groups excluding carboxylic acids is 1. The summed E-state index contributed by atoms with van der Waals surface area (Å²) < 4.78 is 1.42. The normalized spacial score (nSPS) is 9.58. The smallest absolute Gasteiger partial charge is 0.275 e. The first-order valence-electron chi connectivity index (χ1n) is 3.04. The van der Waals surface area contributed by atoms with Gasteiger partial charge in [0.05, 0.1) is 5.56 Å². The molecule has 1 aromatic carbocycles. The Morgan fingerprint density at radius 2 is 2.08 bits per heavy atom. The third kappa shape index (κ3) is 2.06. The number of benzene rings is 1. The molecule has 0 atom stereocenters. The lowest BCUT2D eigenvalue weighted by molar-refractivity contribution is 0.0705. The lowest BCUT2D eigenvalue weighted by Crippen LogP contribution is -2.18. The Balaban J connectivity index is 3.13. The second-order valence-corrected chi connectivity index (χ2v) is 3.84. The van der Waals surface area contributed by atoms with E-state index in [0.717, 1.165) is 4.47 Å². The van der Waals surface area contributed by atoms with Gasteiger partial charge in [0.15, 0.2) is 0 Å². The average Bonchev–Trinajstić information content (AvgIpc) is 2.08. The summed E-state index contributed by atoms with van der Waals surface area (Å²) in [5.41, 5.74) is 1.94. The van der Waals surface area contributed by atoms with E-state index in [-0.39, 0.29) is 0 Å². The quantitative estimate of drug-likeness (QED) is 0.617. The summed E-state index contributed by atoms with van der Waals surface area (Å²) >= 11 is 6.39. The van der Waals surface area contributed by atoms with Gasteiger partial charge in [-0.15, -0.1) is 0 Å². The molecule has 0 fully saturated rings. The van der Waals surface area contributed by atoms with Crippen LogP contribution in [-0.2, 0) is 0 Å². The molecule has 5 heteroatoms. The van der Waals surface area contributed by atoms with Gasteiger partial charge in [-0.25, -0.2) is 5.48 Å². The fourth-order valence-corrected chi connectivity index (χ4v) is 1.52.